The first-order valence-electron chi connectivity index (χ1n) is 5.73. The standard InChI is InChI=1S/C12H21N3O2/c1-12(2,3)8-9(7-10(16)17)14-11-13-5-6-15(11)4/h5-6,9H,7-8H2,1-4H3,(H,13,14)(H,16,17). The number of hydrogen-bond donors (Lipinski definition) is 2. The number of hydrogen-bond acceptors (Lipinski definition) is 3. The van der Waals surface area contributed by atoms with Gasteiger partial charge in [0.25, 0.3) is 0 Å². The lowest BCUT2D eigenvalue weighted by molar-refractivity contribution is -0.137. The summed E-state index contributed by atoms with van der Waals surface area (Å²) >= 11 is 0. The predicted octanol–water partition coefficient (Wildman–Crippen LogP) is 2.11. The van der Waals surface area contributed by atoms with E-state index in [0.717, 1.165) is 6.42 Å². The summed E-state index contributed by atoms with van der Waals surface area (Å²) in [5, 5.41) is 12.1. The van der Waals surface area contributed by atoms with Gasteiger partial charge in [-0.05, 0) is 11.8 Å². The van der Waals surface area contributed by atoms with Crippen LogP contribution < -0.4 is 5.32 Å². The van der Waals surface area contributed by atoms with Crippen LogP contribution in [0, 0.1) is 5.41 Å². The quantitative estimate of drug-likeness (QED) is 0.825. The maximum absolute atomic E-state index is 10.8. The summed E-state index contributed by atoms with van der Waals surface area (Å²) in [4.78, 5) is 15.0. The molecule has 1 unspecified atom stereocenters. The SMILES string of the molecule is Cn1ccnc1NC(CC(=O)O)CC(C)(C)C. The number of carboxylic acid groups (broad SMARTS) is 1. The Labute approximate surface area is 102 Å². The van der Waals surface area contributed by atoms with E-state index in [1.807, 2.05) is 17.8 Å². The van der Waals surface area contributed by atoms with Gasteiger partial charge >= 0.3 is 5.97 Å². The van der Waals surface area contributed by atoms with Crippen molar-refractivity contribution < 1.29 is 9.90 Å². The smallest absolute Gasteiger partial charge is 0.305 e. The topological polar surface area (TPSA) is 67.2 Å². The summed E-state index contributed by atoms with van der Waals surface area (Å²) in [5.41, 5.74) is 0.0816. The number of nitrogens with zero attached hydrogens (tertiary/aromatic N) is 2. The fourth-order valence-electron chi connectivity index (χ4n) is 1.81. The lowest BCUT2D eigenvalue weighted by atomic mass is 9.87. The summed E-state index contributed by atoms with van der Waals surface area (Å²) < 4.78 is 1.84. The molecule has 0 aromatic carbocycles. The largest absolute Gasteiger partial charge is 0.481 e. The molecule has 5 nitrogen and oxygen atoms in total. The van der Waals surface area contributed by atoms with Crippen LogP contribution in [0.15, 0.2) is 12.4 Å². The third-order valence-electron chi connectivity index (χ3n) is 2.43. The first-order chi connectivity index (χ1) is 7.78. The lowest BCUT2D eigenvalue weighted by Crippen LogP contribution is -2.29. The van der Waals surface area contributed by atoms with Crippen molar-refractivity contribution >= 4 is 11.9 Å². The number of nitrogens with one attached hydrogen (secondary N) is 1. The molecule has 0 fully saturated rings. The molecular weight excluding hydrogens is 218 g/mol. The average molecular weight is 239 g/mol. The highest BCUT2D eigenvalue weighted by Gasteiger charge is 2.21. The number of anilines is 1. The molecule has 0 saturated carbocycles. The van der Waals surface area contributed by atoms with E-state index in [-0.39, 0.29) is 17.9 Å². The summed E-state index contributed by atoms with van der Waals surface area (Å²) in [6.07, 6.45) is 4.41. The molecule has 1 atom stereocenters. The van der Waals surface area contributed by atoms with E-state index in [9.17, 15) is 4.79 Å². The monoisotopic (exact) mass is 239 g/mol. The zero-order valence-corrected chi connectivity index (χ0v) is 10.9. The minimum Gasteiger partial charge on any atom is -0.481 e. The van der Waals surface area contributed by atoms with Crippen LogP contribution in [0.2, 0.25) is 0 Å². The van der Waals surface area contributed by atoms with Crippen molar-refractivity contribution in [3.05, 3.63) is 12.4 Å². The summed E-state index contributed by atoms with van der Waals surface area (Å²) in [6, 6.07) is -0.103. The zero-order valence-electron chi connectivity index (χ0n) is 10.9. The third-order valence-corrected chi connectivity index (χ3v) is 2.43. The highest BCUT2D eigenvalue weighted by atomic mass is 16.4. The van der Waals surface area contributed by atoms with Crippen molar-refractivity contribution in [3.63, 3.8) is 0 Å². The number of rotatable bonds is 5. The van der Waals surface area contributed by atoms with E-state index < -0.39 is 5.97 Å². The molecule has 0 aliphatic carbocycles. The van der Waals surface area contributed by atoms with Gasteiger partial charge in [0.2, 0.25) is 5.95 Å². The first-order valence-corrected chi connectivity index (χ1v) is 5.73. The number of carbonyl (C=O) groups is 1. The second kappa shape index (κ2) is 5.21. The maximum Gasteiger partial charge on any atom is 0.305 e. The van der Waals surface area contributed by atoms with Crippen molar-refractivity contribution in [2.24, 2.45) is 12.5 Å². The molecule has 17 heavy (non-hydrogen) atoms. The number of imidazole rings is 1. The van der Waals surface area contributed by atoms with Crippen LogP contribution in [0.1, 0.15) is 33.6 Å². The zero-order chi connectivity index (χ0) is 13.1. The van der Waals surface area contributed by atoms with Crippen LogP contribution in [0.4, 0.5) is 5.95 Å². The molecule has 1 aromatic rings. The molecule has 1 rings (SSSR count). The molecule has 0 aliphatic heterocycles. The van der Waals surface area contributed by atoms with Crippen molar-refractivity contribution in [1.82, 2.24) is 9.55 Å². The number of aliphatic carboxylic acids is 1. The predicted molar refractivity (Wildman–Crippen MR) is 66.9 cm³/mol. The van der Waals surface area contributed by atoms with Crippen LogP contribution >= 0.6 is 0 Å². The van der Waals surface area contributed by atoms with Gasteiger partial charge in [-0.15, -0.1) is 0 Å². The maximum atomic E-state index is 10.8. The Bertz CT molecular complexity index is 379. The normalized spacial score (nSPS) is 13.4. The van der Waals surface area contributed by atoms with Gasteiger partial charge in [0.1, 0.15) is 0 Å². The number of aryl methyl sites for hydroxylation is 1. The molecule has 0 bridgehead atoms. The Kier molecular flexibility index (Phi) is 4.15. The van der Waals surface area contributed by atoms with Gasteiger partial charge in [-0.1, -0.05) is 20.8 Å². The van der Waals surface area contributed by atoms with Crippen LogP contribution in [0.3, 0.4) is 0 Å². The molecule has 0 amide bonds. The van der Waals surface area contributed by atoms with E-state index in [1.54, 1.807) is 6.20 Å². The highest BCUT2D eigenvalue weighted by Crippen LogP contribution is 2.24. The molecule has 0 radical (unpaired) electrons. The Hall–Kier alpha value is -1.52. The van der Waals surface area contributed by atoms with Gasteiger partial charge in [0.05, 0.1) is 6.42 Å². The van der Waals surface area contributed by atoms with Crippen LogP contribution in [0.5, 0.6) is 0 Å². The average Bonchev–Trinajstić information content (AvgIpc) is 2.47. The van der Waals surface area contributed by atoms with Crippen LogP contribution in [-0.2, 0) is 11.8 Å². The molecule has 0 aliphatic rings. The Morgan fingerprint density at radius 3 is 2.65 bits per heavy atom. The molecule has 96 valence electrons. The second-order valence-corrected chi connectivity index (χ2v) is 5.57. The van der Waals surface area contributed by atoms with Crippen molar-refractivity contribution in [2.45, 2.75) is 39.7 Å². The fourth-order valence-corrected chi connectivity index (χ4v) is 1.81. The minimum absolute atomic E-state index is 0.0816. The summed E-state index contributed by atoms with van der Waals surface area (Å²) in [5.74, 6) is -0.0820. The van der Waals surface area contributed by atoms with Crippen LogP contribution in [-0.4, -0.2) is 26.7 Å². The van der Waals surface area contributed by atoms with E-state index in [1.165, 1.54) is 0 Å². The summed E-state index contributed by atoms with van der Waals surface area (Å²) in [6.45, 7) is 6.30. The Balaban J connectivity index is 2.70. The number of aromatic nitrogens is 2. The van der Waals surface area contributed by atoms with Gasteiger partial charge in [-0.3, -0.25) is 4.79 Å². The van der Waals surface area contributed by atoms with Gasteiger partial charge in [-0.25, -0.2) is 4.98 Å². The van der Waals surface area contributed by atoms with Crippen molar-refractivity contribution in [2.75, 3.05) is 5.32 Å². The van der Waals surface area contributed by atoms with Crippen LogP contribution in [0.25, 0.3) is 0 Å². The van der Waals surface area contributed by atoms with Crippen molar-refractivity contribution in [3.8, 4) is 0 Å². The van der Waals surface area contributed by atoms with Crippen molar-refractivity contribution in [1.29, 1.82) is 0 Å². The second-order valence-electron chi connectivity index (χ2n) is 5.57. The van der Waals surface area contributed by atoms with Gasteiger partial charge in [0, 0.05) is 25.5 Å². The molecule has 0 saturated heterocycles. The molecular formula is C12H21N3O2. The Morgan fingerprint density at radius 1 is 1.59 bits per heavy atom. The van der Waals surface area contributed by atoms with E-state index in [4.69, 9.17) is 5.11 Å². The highest BCUT2D eigenvalue weighted by molar-refractivity contribution is 5.68. The number of carboxylic acids is 1. The van der Waals surface area contributed by atoms with E-state index in [0.29, 0.717) is 5.95 Å². The van der Waals surface area contributed by atoms with Gasteiger partial charge in [0.15, 0.2) is 0 Å². The van der Waals surface area contributed by atoms with E-state index in [2.05, 4.69) is 31.1 Å². The molecule has 2 N–H and O–H groups in total. The third kappa shape index (κ3) is 4.89. The molecule has 5 heteroatoms. The van der Waals surface area contributed by atoms with Gasteiger partial charge in [-0.2, -0.15) is 0 Å². The first kappa shape index (κ1) is 13.5. The minimum atomic E-state index is -0.791. The Morgan fingerprint density at radius 2 is 2.24 bits per heavy atom. The van der Waals surface area contributed by atoms with E-state index >= 15 is 0 Å². The fraction of sp³-hybridized carbons (Fsp3) is 0.667. The lowest BCUT2D eigenvalue weighted by Gasteiger charge is -2.26. The molecule has 1 aromatic heterocycles. The molecule has 1 heterocycles. The molecule has 0 spiro atoms. The summed E-state index contributed by atoms with van der Waals surface area (Å²) in [7, 11) is 1.88. The van der Waals surface area contributed by atoms with Gasteiger partial charge < -0.3 is 15.0 Å².